The van der Waals surface area contributed by atoms with Crippen molar-refractivity contribution >= 4 is 29.7 Å². The van der Waals surface area contributed by atoms with E-state index < -0.39 is 13.5 Å². The molecule has 1 aliphatic carbocycles. The van der Waals surface area contributed by atoms with E-state index in [0.29, 0.717) is 17.3 Å². The van der Waals surface area contributed by atoms with Crippen molar-refractivity contribution in [1.29, 1.82) is 0 Å². The molecule has 2 aromatic rings. The zero-order valence-electron chi connectivity index (χ0n) is 25.3. The van der Waals surface area contributed by atoms with Crippen LogP contribution < -0.4 is 4.90 Å². The molecule has 0 radical (unpaired) electrons. The third-order valence-electron chi connectivity index (χ3n) is 8.23. The number of anilines is 1. The molecule has 2 fully saturated rings. The van der Waals surface area contributed by atoms with E-state index in [0.717, 1.165) is 11.3 Å². The molecule has 1 saturated carbocycles. The van der Waals surface area contributed by atoms with Gasteiger partial charge in [-0.25, -0.2) is 6.54 Å². The first kappa shape index (κ1) is 32.6. The molecule has 39 heavy (non-hydrogen) atoms. The first-order valence-corrected chi connectivity index (χ1v) is 20.0. The molecule has 0 atom stereocenters. The average Bonchev–Trinajstić information content (AvgIpc) is 3.12. The molecule has 1 saturated heterocycles. The maximum atomic E-state index is 5.87. The van der Waals surface area contributed by atoms with Gasteiger partial charge < -0.3 is 4.90 Å². The van der Waals surface area contributed by atoms with Crippen LogP contribution in [0.5, 0.6) is 5.75 Å². The monoisotopic (exact) mass is 660 g/mol. The normalized spacial score (nSPS) is 18.4. The van der Waals surface area contributed by atoms with Crippen LogP contribution in [-0.4, -0.2) is 16.3 Å². The van der Waals surface area contributed by atoms with Gasteiger partial charge in [0.05, 0.1) is 0 Å². The summed E-state index contributed by atoms with van der Waals surface area (Å²) in [4.78, 5) is 2.68. The van der Waals surface area contributed by atoms with Gasteiger partial charge in [0, 0.05) is 11.2 Å². The van der Waals surface area contributed by atoms with Gasteiger partial charge in [-0.2, -0.15) is 0 Å². The molecule has 4 rings (SSSR count). The topological polar surface area (TPSA) is 5.94 Å². The van der Waals surface area contributed by atoms with Crippen LogP contribution in [0.15, 0.2) is 42.5 Å². The molecule has 0 aromatic heterocycles. The van der Waals surface area contributed by atoms with Crippen molar-refractivity contribution in [2.45, 2.75) is 117 Å². The van der Waals surface area contributed by atoms with E-state index in [1.54, 1.807) is 0 Å². The Bertz CT molecular complexity index is 1090. The number of hydrogen-bond acceptors (Lipinski definition) is 1. The van der Waals surface area contributed by atoms with Crippen molar-refractivity contribution in [3.63, 3.8) is 0 Å². The summed E-state index contributed by atoms with van der Waals surface area (Å²) in [6.07, 6.45) is 8.58. The molecule has 1 heterocycles. The van der Waals surface area contributed by atoms with Gasteiger partial charge in [0.2, 0.25) is 0 Å². The standard InChI is InChI=1S/C23H36N.C11H14O.2ClH.Ru/c1-17(2)19-11-10-12-20(18(3)4)21(19)24-16-23(15-22(24,5)6)13-8-7-9-14-23;1-9(2)12(4)11-8-6-5-7-10(11)3;;;/h10-12,16-18H,7-9,13-15H2,1-6H3;3,5-9H,4H2,1-2H3;2*1H;/q-1;;;;+2/p-2. The SMILES string of the molecule is CC(C)c1cccc(C(C)C)c1N1[CH-]C2(CCCCC2)CC1(C)C.[CH2-][O+](c1ccccc1[CH]=[Ru]([Cl])[Cl])C(C)C. The Morgan fingerprint density at radius 2 is 1.46 bits per heavy atom. The van der Waals surface area contributed by atoms with Gasteiger partial charge >= 0.3 is 105 Å². The number of para-hydroxylation sites is 2. The van der Waals surface area contributed by atoms with E-state index in [1.807, 2.05) is 28.9 Å². The molecule has 0 bridgehead atoms. The van der Waals surface area contributed by atoms with Crippen LogP contribution in [0.1, 0.15) is 122 Å². The fourth-order valence-corrected chi connectivity index (χ4v) is 8.11. The summed E-state index contributed by atoms with van der Waals surface area (Å²) >= 11 is -1.79. The summed E-state index contributed by atoms with van der Waals surface area (Å²) in [6, 6.07) is 14.9. The van der Waals surface area contributed by atoms with Gasteiger partial charge in [0.15, 0.2) is 0 Å². The van der Waals surface area contributed by atoms with Crippen molar-refractivity contribution < 1.29 is 17.9 Å². The molecule has 0 amide bonds. The third kappa shape index (κ3) is 8.11. The Kier molecular flexibility index (Phi) is 11.6. The Balaban J connectivity index is 0.000000242. The average molecular weight is 661 g/mol. The zero-order valence-corrected chi connectivity index (χ0v) is 28.6. The first-order chi connectivity index (χ1) is 18.3. The van der Waals surface area contributed by atoms with Gasteiger partial charge in [-0.05, 0) is 36.8 Å². The number of benzene rings is 2. The van der Waals surface area contributed by atoms with Crippen molar-refractivity contribution in [1.82, 2.24) is 0 Å². The Morgan fingerprint density at radius 3 is 1.97 bits per heavy atom. The summed E-state index contributed by atoms with van der Waals surface area (Å²) in [5, 5.41) is 0. The first-order valence-electron chi connectivity index (χ1n) is 14.5. The summed E-state index contributed by atoms with van der Waals surface area (Å²) in [6.45, 7) is 21.0. The van der Waals surface area contributed by atoms with Crippen LogP contribution in [0.25, 0.3) is 0 Å². The molecule has 5 heteroatoms. The Hall–Kier alpha value is -0.887. The van der Waals surface area contributed by atoms with Crippen molar-refractivity contribution in [3.05, 3.63) is 72.8 Å². The summed E-state index contributed by atoms with van der Waals surface area (Å²) < 4.78 is 4.74. The predicted octanol–water partition coefficient (Wildman–Crippen LogP) is 11.3. The van der Waals surface area contributed by atoms with Crippen molar-refractivity contribution in [3.8, 4) is 5.75 Å². The molecule has 2 nitrogen and oxygen atoms in total. The molecule has 0 N–H and O–H groups in total. The number of rotatable bonds is 6. The van der Waals surface area contributed by atoms with E-state index >= 15 is 0 Å². The molecule has 0 unspecified atom stereocenters. The molecule has 2 aromatic carbocycles. The quantitative estimate of drug-likeness (QED) is 0.170. The summed E-state index contributed by atoms with van der Waals surface area (Å²) in [7, 11) is 15.7. The van der Waals surface area contributed by atoms with E-state index in [9.17, 15) is 0 Å². The molecule has 1 spiro atoms. The Morgan fingerprint density at radius 1 is 0.897 bits per heavy atom. The minimum atomic E-state index is -1.79. The second kappa shape index (κ2) is 13.9. The van der Waals surface area contributed by atoms with Crippen LogP contribution >= 0.6 is 19.4 Å². The zero-order chi connectivity index (χ0) is 29.0. The van der Waals surface area contributed by atoms with E-state index in [1.165, 1.54) is 55.3 Å². The summed E-state index contributed by atoms with van der Waals surface area (Å²) in [5.74, 6) is 2.11. The summed E-state index contributed by atoms with van der Waals surface area (Å²) in [5.41, 5.74) is 6.23. The predicted molar refractivity (Wildman–Crippen MR) is 170 cm³/mol. The van der Waals surface area contributed by atoms with Gasteiger partial charge in [-0.1, -0.05) is 84.4 Å². The van der Waals surface area contributed by atoms with Crippen LogP contribution in [0.3, 0.4) is 0 Å². The van der Waals surface area contributed by atoms with Gasteiger partial charge in [-0.15, -0.1) is 5.41 Å². The molecule has 220 valence electrons. The van der Waals surface area contributed by atoms with Gasteiger partial charge in [-0.3, -0.25) is 0 Å². The fraction of sp³-hybridized carbons (Fsp3) is 0.559. The Labute approximate surface area is 252 Å². The number of halogens is 2. The van der Waals surface area contributed by atoms with Crippen LogP contribution in [0.4, 0.5) is 5.69 Å². The van der Waals surface area contributed by atoms with Crippen LogP contribution in [-0.2, 0) is 17.9 Å². The number of hydrogen-bond donors (Lipinski definition) is 0. The van der Waals surface area contributed by atoms with E-state index in [-0.39, 0.29) is 11.6 Å². The molecule has 1 aliphatic heterocycles. The number of nitrogens with zero attached hydrogens (tertiary/aromatic N) is 1. The van der Waals surface area contributed by atoms with Crippen molar-refractivity contribution in [2.24, 2.45) is 5.41 Å². The van der Waals surface area contributed by atoms with Gasteiger partial charge in [0.25, 0.3) is 0 Å². The third-order valence-corrected chi connectivity index (χ3v) is 10.1. The van der Waals surface area contributed by atoms with Gasteiger partial charge in [0.1, 0.15) is 0 Å². The minimum absolute atomic E-state index is 0.214. The molecule has 2 aliphatic rings. The molecular formula is C34H50Cl2NORu-. The molecular weight excluding hydrogens is 610 g/mol. The van der Waals surface area contributed by atoms with E-state index in [2.05, 4.69) is 96.5 Å². The van der Waals surface area contributed by atoms with Crippen molar-refractivity contribution in [2.75, 3.05) is 4.90 Å². The fourth-order valence-electron chi connectivity index (χ4n) is 6.30. The maximum absolute atomic E-state index is 5.87. The second-order valence-corrected chi connectivity index (χ2v) is 18.6. The van der Waals surface area contributed by atoms with E-state index in [4.69, 9.17) is 19.4 Å². The van der Waals surface area contributed by atoms with Crippen LogP contribution in [0.2, 0.25) is 0 Å². The van der Waals surface area contributed by atoms with Crippen LogP contribution in [0, 0.1) is 19.1 Å². The second-order valence-electron chi connectivity index (χ2n) is 12.8.